The number of benzene rings is 2. The number of sulfonamides is 1. The van der Waals surface area contributed by atoms with Gasteiger partial charge in [-0.05, 0) is 98.4 Å². The van der Waals surface area contributed by atoms with E-state index >= 15 is 0 Å². The van der Waals surface area contributed by atoms with Crippen molar-refractivity contribution in [2.75, 3.05) is 10.0 Å². The molecular weight excluding hydrogens is 480 g/mol. The Hall–Kier alpha value is -2.78. The van der Waals surface area contributed by atoms with E-state index in [9.17, 15) is 13.2 Å². The van der Waals surface area contributed by atoms with Crippen LogP contribution in [0.25, 0.3) is 0 Å². The maximum absolute atomic E-state index is 12.9. The highest BCUT2D eigenvalue weighted by Crippen LogP contribution is 2.60. The Kier molecular flexibility index (Phi) is 5.45. The standard InChI is InChI=1S/C26H28N4O3S2/c1-16-2-4-20(5-3-16)23(31)27-24-28-29-25(34-24)35(32,33)30-22-8-6-21(7-9-22)26-13-17-10-18(14-26)12-19(11-17)15-26/h2-9,17-19,30H,10-15H2,1H3,(H,27,28,31). The lowest BCUT2D eigenvalue weighted by Crippen LogP contribution is -2.48. The van der Waals surface area contributed by atoms with E-state index in [-0.39, 0.29) is 20.8 Å². The number of hydrogen-bond acceptors (Lipinski definition) is 6. The van der Waals surface area contributed by atoms with Crippen molar-refractivity contribution < 1.29 is 13.2 Å². The van der Waals surface area contributed by atoms with Gasteiger partial charge in [-0.3, -0.25) is 14.8 Å². The Morgan fingerprint density at radius 2 is 1.51 bits per heavy atom. The number of aryl methyl sites for hydroxylation is 1. The fourth-order valence-electron chi connectivity index (χ4n) is 6.80. The number of hydrogen-bond donors (Lipinski definition) is 2. The third kappa shape index (κ3) is 4.36. The highest BCUT2D eigenvalue weighted by Gasteiger charge is 2.51. The molecule has 9 heteroatoms. The number of aromatic nitrogens is 2. The molecular formula is C26H28N4O3S2. The molecule has 4 aliphatic rings. The summed E-state index contributed by atoms with van der Waals surface area (Å²) in [5.74, 6) is 2.21. The van der Waals surface area contributed by atoms with E-state index < -0.39 is 10.0 Å². The predicted octanol–water partition coefficient (Wildman–Crippen LogP) is 5.37. The SMILES string of the molecule is Cc1ccc(C(=O)Nc2nnc(S(=O)(=O)Nc3ccc(C45CC6CC(CC(C6)C4)C5)cc3)s2)cc1. The van der Waals surface area contributed by atoms with Crippen LogP contribution >= 0.6 is 11.3 Å². The van der Waals surface area contributed by atoms with E-state index in [0.717, 1.165) is 34.7 Å². The number of nitrogens with one attached hydrogen (secondary N) is 2. The molecule has 7 rings (SSSR count). The normalized spacial score (nSPS) is 27.1. The minimum Gasteiger partial charge on any atom is -0.296 e. The second-order valence-corrected chi connectivity index (χ2v) is 13.4. The second-order valence-electron chi connectivity index (χ2n) is 10.6. The number of nitrogens with zero attached hydrogens (tertiary/aromatic N) is 2. The molecule has 0 radical (unpaired) electrons. The summed E-state index contributed by atoms with van der Waals surface area (Å²) < 4.78 is 28.2. The predicted molar refractivity (Wildman–Crippen MR) is 136 cm³/mol. The fourth-order valence-corrected chi connectivity index (χ4v) is 8.75. The van der Waals surface area contributed by atoms with E-state index in [2.05, 4.69) is 32.4 Å². The van der Waals surface area contributed by atoms with E-state index in [0.29, 0.717) is 11.3 Å². The Balaban J connectivity index is 1.14. The third-order valence-electron chi connectivity index (χ3n) is 7.96. The van der Waals surface area contributed by atoms with E-state index in [1.165, 1.54) is 44.1 Å². The van der Waals surface area contributed by atoms with Crippen molar-refractivity contribution in [2.24, 2.45) is 17.8 Å². The molecule has 1 amide bonds. The van der Waals surface area contributed by atoms with Crippen molar-refractivity contribution in [1.82, 2.24) is 10.2 Å². The Bertz CT molecular complexity index is 1330. The van der Waals surface area contributed by atoms with Gasteiger partial charge in [-0.1, -0.05) is 41.2 Å². The molecule has 7 nitrogen and oxygen atoms in total. The molecule has 4 aliphatic carbocycles. The summed E-state index contributed by atoms with van der Waals surface area (Å²) in [6.45, 7) is 1.94. The van der Waals surface area contributed by atoms with Gasteiger partial charge in [-0.15, -0.1) is 10.2 Å². The third-order valence-corrected chi connectivity index (χ3v) is 10.5. The Morgan fingerprint density at radius 3 is 2.11 bits per heavy atom. The summed E-state index contributed by atoms with van der Waals surface area (Å²) in [5.41, 5.74) is 3.63. The van der Waals surface area contributed by atoms with Crippen LogP contribution in [0, 0.1) is 24.7 Å². The lowest BCUT2D eigenvalue weighted by atomic mass is 9.48. The van der Waals surface area contributed by atoms with Crippen molar-refractivity contribution in [3.63, 3.8) is 0 Å². The first-order chi connectivity index (χ1) is 16.8. The van der Waals surface area contributed by atoms with Crippen LogP contribution in [0.4, 0.5) is 10.8 Å². The van der Waals surface area contributed by atoms with Gasteiger partial charge in [0.25, 0.3) is 20.3 Å². The summed E-state index contributed by atoms with van der Waals surface area (Å²) >= 11 is 0.822. The Labute approximate surface area is 209 Å². The molecule has 1 aromatic heterocycles. The lowest BCUT2D eigenvalue weighted by Gasteiger charge is -2.57. The van der Waals surface area contributed by atoms with Crippen LogP contribution in [0.5, 0.6) is 0 Å². The molecule has 4 fully saturated rings. The van der Waals surface area contributed by atoms with Gasteiger partial charge in [0.05, 0.1) is 0 Å². The van der Waals surface area contributed by atoms with E-state index in [1.54, 1.807) is 12.1 Å². The zero-order valence-electron chi connectivity index (χ0n) is 19.5. The summed E-state index contributed by atoms with van der Waals surface area (Å²) in [6.07, 6.45) is 8.00. The van der Waals surface area contributed by atoms with E-state index in [1.807, 2.05) is 31.2 Å². The molecule has 0 spiro atoms. The molecule has 0 saturated heterocycles. The maximum Gasteiger partial charge on any atom is 0.291 e. The van der Waals surface area contributed by atoms with Gasteiger partial charge in [0.2, 0.25) is 5.13 Å². The molecule has 0 unspecified atom stereocenters. The maximum atomic E-state index is 12.9. The summed E-state index contributed by atoms with van der Waals surface area (Å²) in [5, 5.41) is 10.4. The molecule has 35 heavy (non-hydrogen) atoms. The van der Waals surface area contributed by atoms with Crippen molar-refractivity contribution >= 4 is 38.1 Å². The quantitative estimate of drug-likeness (QED) is 0.436. The summed E-state index contributed by atoms with van der Waals surface area (Å²) in [6, 6.07) is 15.0. The van der Waals surface area contributed by atoms with E-state index in [4.69, 9.17) is 0 Å². The van der Waals surface area contributed by atoms with Crippen molar-refractivity contribution in [3.8, 4) is 0 Å². The van der Waals surface area contributed by atoms with Gasteiger partial charge >= 0.3 is 0 Å². The number of rotatable bonds is 6. The first-order valence-corrected chi connectivity index (χ1v) is 14.4. The van der Waals surface area contributed by atoms with Gasteiger partial charge < -0.3 is 0 Å². The zero-order valence-corrected chi connectivity index (χ0v) is 21.2. The highest BCUT2D eigenvalue weighted by molar-refractivity contribution is 7.94. The van der Waals surface area contributed by atoms with Gasteiger partial charge in [-0.2, -0.15) is 8.42 Å². The molecule has 0 atom stereocenters. The van der Waals surface area contributed by atoms with Crippen LogP contribution in [0.1, 0.15) is 60.0 Å². The lowest BCUT2D eigenvalue weighted by molar-refractivity contribution is -0.00518. The zero-order chi connectivity index (χ0) is 24.2. The minimum absolute atomic E-state index is 0.133. The number of anilines is 2. The topological polar surface area (TPSA) is 101 Å². The summed E-state index contributed by atoms with van der Waals surface area (Å²) in [7, 11) is -3.91. The van der Waals surface area contributed by atoms with Gasteiger partial charge in [0.15, 0.2) is 0 Å². The largest absolute Gasteiger partial charge is 0.296 e. The van der Waals surface area contributed by atoms with Gasteiger partial charge in [0.1, 0.15) is 0 Å². The molecule has 4 saturated carbocycles. The molecule has 2 aromatic carbocycles. The van der Waals surface area contributed by atoms with Crippen molar-refractivity contribution in [2.45, 2.75) is 55.2 Å². The van der Waals surface area contributed by atoms with Crippen LogP contribution in [-0.4, -0.2) is 24.5 Å². The second kappa shape index (κ2) is 8.41. The Morgan fingerprint density at radius 1 is 0.914 bits per heavy atom. The molecule has 2 N–H and O–H groups in total. The monoisotopic (exact) mass is 508 g/mol. The van der Waals surface area contributed by atoms with Crippen LogP contribution in [0.3, 0.4) is 0 Å². The van der Waals surface area contributed by atoms with Crippen LogP contribution in [0.2, 0.25) is 0 Å². The smallest absolute Gasteiger partial charge is 0.291 e. The number of carbonyl (C=O) groups excluding carboxylic acids is 1. The van der Waals surface area contributed by atoms with Crippen molar-refractivity contribution in [1.29, 1.82) is 0 Å². The van der Waals surface area contributed by atoms with Crippen LogP contribution in [-0.2, 0) is 15.4 Å². The molecule has 0 aliphatic heterocycles. The average molecular weight is 509 g/mol. The number of carbonyl (C=O) groups is 1. The van der Waals surface area contributed by atoms with Crippen LogP contribution < -0.4 is 10.0 Å². The number of amides is 1. The van der Waals surface area contributed by atoms with Crippen LogP contribution in [0.15, 0.2) is 52.9 Å². The molecule has 3 aromatic rings. The van der Waals surface area contributed by atoms with Gasteiger partial charge in [0, 0.05) is 11.3 Å². The summed E-state index contributed by atoms with van der Waals surface area (Å²) in [4.78, 5) is 12.4. The van der Waals surface area contributed by atoms with Gasteiger partial charge in [-0.25, -0.2) is 0 Å². The molecule has 1 heterocycles. The van der Waals surface area contributed by atoms with Crippen molar-refractivity contribution in [3.05, 3.63) is 65.2 Å². The molecule has 182 valence electrons. The first-order valence-electron chi connectivity index (χ1n) is 12.1. The minimum atomic E-state index is -3.91. The highest BCUT2D eigenvalue weighted by atomic mass is 32.2. The fraction of sp³-hybridized carbons (Fsp3) is 0.423. The molecule has 4 bridgehead atoms. The first kappa shape index (κ1) is 22.7. The average Bonchev–Trinajstić information content (AvgIpc) is 3.28.